The van der Waals surface area contributed by atoms with Gasteiger partial charge in [0.05, 0.1) is 5.69 Å². The number of hydrogen-bond acceptors (Lipinski definition) is 3. The maximum Gasteiger partial charge on any atom is 0.0528 e. The molecule has 2 unspecified atom stereocenters. The van der Waals surface area contributed by atoms with Crippen LogP contribution in [0.1, 0.15) is 19.8 Å². The lowest BCUT2D eigenvalue weighted by molar-refractivity contribution is 0.197. The van der Waals surface area contributed by atoms with Gasteiger partial charge in [-0.2, -0.15) is 0 Å². The largest absolute Gasteiger partial charge is 0.381 e. The number of hydrogen-bond donors (Lipinski definition) is 1. The van der Waals surface area contributed by atoms with E-state index in [1.165, 1.54) is 25.9 Å². The van der Waals surface area contributed by atoms with Crippen LogP contribution < -0.4 is 5.32 Å². The van der Waals surface area contributed by atoms with Crippen LogP contribution in [0.15, 0.2) is 24.5 Å². The van der Waals surface area contributed by atoms with E-state index in [-0.39, 0.29) is 0 Å². The minimum absolute atomic E-state index is 0.520. The van der Waals surface area contributed by atoms with Crippen LogP contribution >= 0.6 is 0 Å². The van der Waals surface area contributed by atoms with Crippen LogP contribution in [0.3, 0.4) is 0 Å². The van der Waals surface area contributed by atoms with E-state index in [0.29, 0.717) is 6.04 Å². The zero-order valence-electron chi connectivity index (χ0n) is 10.2. The van der Waals surface area contributed by atoms with Gasteiger partial charge in [-0.05, 0) is 51.4 Å². The molecule has 1 aromatic rings. The van der Waals surface area contributed by atoms with Crippen molar-refractivity contribution in [3.05, 3.63) is 24.5 Å². The zero-order valence-corrected chi connectivity index (χ0v) is 10.2. The topological polar surface area (TPSA) is 28.2 Å². The van der Waals surface area contributed by atoms with E-state index < -0.39 is 0 Å². The highest BCUT2D eigenvalue weighted by Gasteiger charge is 2.22. The fourth-order valence-corrected chi connectivity index (χ4v) is 2.44. The van der Waals surface area contributed by atoms with Gasteiger partial charge >= 0.3 is 0 Å². The number of rotatable bonds is 3. The van der Waals surface area contributed by atoms with Gasteiger partial charge in [-0.25, -0.2) is 0 Å². The Morgan fingerprint density at radius 1 is 1.56 bits per heavy atom. The predicted octanol–water partition coefficient (Wildman–Crippen LogP) is 2.22. The molecule has 1 aliphatic rings. The average Bonchev–Trinajstić information content (AvgIpc) is 2.30. The van der Waals surface area contributed by atoms with Gasteiger partial charge in [0.25, 0.3) is 0 Å². The lowest BCUT2D eigenvalue weighted by Crippen LogP contribution is -2.39. The lowest BCUT2D eigenvalue weighted by Gasteiger charge is -2.34. The number of piperidine rings is 1. The molecule has 1 fully saturated rings. The van der Waals surface area contributed by atoms with E-state index in [9.17, 15) is 0 Å². The normalized spacial score (nSPS) is 24.0. The first-order valence-corrected chi connectivity index (χ1v) is 6.11. The minimum Gasteiger partial charge on any atom is -0.381 e. The molecule has 2 heterocycles. The van der Waals surface area contributed by atoms with E-state index in [1.54, 1.807) is 0 Å². The van der Waals surface area contributed by atoms with Crippen LogP contribution in [0.5, 0.6) is 0 Å². The minimum atomic E-state index is 0.520. The maximum absolute atomic E-state index is 4.12. The highest BCUT2D eigenvalue weighted by Crippen LogP contribution is 2.21. The summed E-state index contributed by atoms with van der Waals surface area (Å²) in [4.78, 5) is 6.55. The molecule has 0 amide bonds. The summed E-state index contributed by atoms with van der Waals surface area (Å²) < 4.78 is 0. The van der Waals surface area contributed by atoms with Gasteiger partial charge in [0.15, 0.2) is 0 Å². The van der Waals surface area contributed by atoms with Crippen LogP contribution in [0.2, 0.25) is 0 Å². The molecule has 0 aliphatic carbocycles. The Hall–Kier alpha value is -1.09. The molecule has 3 heteroatoms. The smallest absolute Gasteiger partial charge is 0.0528 e. The number of aromatic nitrogens is 1. The molecule has 1 aliphatic heterocycles. The molecule has 16 heavy (non-hydrogen) atoms. The SMILES string of the molecule is CC(Nc1cccnc1)C1CCCN(C)C1. The lowest BCUT2D eigenvalue weighted by atomic mass is 9.92. The molecule has 2 atom stereocenters. The van der Waals surface area contributed by atoms with E-state index in [4.69, 9.17) is 0 Å². The van der Waals surface area contributed by atoms with Crippen LogP contribution in [0, 0.1) is 5.92 Å². The van der Waals surface area contributed by atoms with Crippen molar-refractivity contribution in [2.24, 2.45) is 5.92 Å². The van der Waals surface area contributed by atoms with Crippen molar-refractivity contribution >= 4 is 5.69 Å². The fraction of sp³-hybridized carbons (Fsp3) is 0.615. The van der Waals surface area contributed by atoms with Gasteiger partial charge in [0.2, 0.25) is 0 Å². The first-order chi connectivity index (χ1) is 7.75. The molecule has 2 rings (SSSR count). The summed E-state index contributed by atoms with van der Waals surface area (Å²) in [6, 6.07) is 4.57. The van der Waals surface area contributed by atoms with Crippen molar-refractivity contribution in [3.63, 3.8) is 0 Å². The Labute approximate surface area is 97.9 Å². The van der Waals surface area contributed by atoms with Crippen molar-refractivity contribution in [1.82, 2.24) is 9.88 Å². The molecular formula is C13H21N3. The van der Waals surface area contributed by atoms with Crippen molar-refractivity contribution in [2.45, 2.75) is 25.8 Å². The van der Waals surface area contributed by atoms with Gasteiger partial charge in [0, 0.05) is 25.0 Å². The summed E-state index contributed by atoms with van der Waals surface area (Å²) in [5.74, 6) is 0.749. The zero-order chi connectivity index (χ0) is 11.4. The molecule has 88 valence electrons. The Morgan fingerprint density at radius 3 is 3.12 bits per heavy atom. The van der Waals surface area contributed by atoms with Gasteiger partial charge in [-0.3, -0.25) is 4.98 Å². The quantitative estimate of drug-likeness (QED) is 0.845. The van der Waals surface area contributed by atoms with E-state index in [1.807, 2.05) is 18.5 Å². The number of pyridine rings is 1. The van der Waals surface area contributed by atoms with Crippen LogP contribution in [-0.2, 0) is 0 Å². The predicted molar refractivity (Wildman–Crippen MR) is 67.5 cm³/mol. The van der Waals surface area contributed by atoms with Crippen molar-refractivity contribution < 1.29 is 0 Å². The molecule has 0 saturated carbocycles. The Bertz CT molecular complexity index is 312. The third-order valence-corrected chi connectivity index (χ3v) is 3.42. The van der Waals surface area contributed by atoms with Gasteiger partial charge in [-0.1, -0.05) is 0 Å². The number of nitrogens with zero attached hydrogens (tertiary/aromatic N) is 2. The van der Waals surface area contributed by atoms with E-state index in [2.05, 4.69) is 35.2 Å². The van der Waals surface area contributed by atoms with Crippen LogP contribution in [0.25, 0.3) is 0 Å². The molecule has 1 N–H and O–H groups in total. The fourth-order valence-electron chi connectivity index (χ4n) is 2.44. The molecule has 0 spiro atoms. The standard InChI is InChI=1S/C13H21N3/c1-11(12-5-4-8-16(2)10-12)15-13-6-3-7-14-9-13/h3,6-7,9,11-12,15H,4-5,8,10H2,1-2H3. The molecule has 1 saturated heterocycles. The van der Waals surface area contributed by atoms with Crippen molar-refractivity contribution in [3.8, 4) is 0 Å². The first kappa shape index (κ1) is 11.4. The summed E-state index contributed by atoms with van der Waals surface area (Å²) in [6.07, 6.45) is 6.35. The Balaban J connectivity index is 1.90. The third-order valence-electron chi connectivity index (χ3n) is 3.42. The first-order valence-electron chi connectivity index (χ1n) is 6.11. The Morgan fingerprint density at radius 2 is 2.44 bits per heavy atom. The summed E-state index contributed by atoms with van der Waals surface area (Å²) in [7, 11) is 2.21. The van der Waals surface area contributed by atoms with Gasteiger partial charge in [-0.15, -0.1) is 0 Å². The third kappa shape index (κ3) is 2.95. The molecule has 0 radical (unpaired) electrons. The molecule has 3 nitrogen and oxygen atoms in total. The molecular weight excluding hydrogens is 198 g/mol. The second-order valence-corrected chi connectivity index (χ2v) is 4.84. The second kappa shape index (κ2) is 5.30. The summed E-state index contributed by atoms with van der Waals surface area (Å²) >= 11 is 0. The van der Waals surface area contributed by atoms with Crippen molar-refractivity contribution in [2.75, 3.05) is 25.5 Å². The number of anilines is 1. The molecule has 1 aromatic heterocycles. The monoisotopic (exact) mass is 219 g/mol. The summed E-state index contributed by atoms with van der Waals surface area (Å²) in [5, 5.41) is 3.54. The highest BCUT2D eigenvalue weighted by molar-refractivity contribution is 5.40. The molecule has 0 aromatic carbocycles. The highest BCUT2D eigenvalue weighted by atomic mass is 15.1. The maximum atomic E-state index is 4.12. The average molecular weight is 219 g/mol. The van der Waals surface area contributed by atoms with E-state index in [0.717, 1.165) is 11.6 Å². The van der Waals surface area contributed by atoms with Gasteiger partial charge < -0.3 is 10.2 Å². The van der Waals surface area contributed by atoms with Crippen LogP contribution in [0.4, 0.5) is 5.69 Å². The number of likely N-dealkylation sites (tertiary alicyclic amines) is 1. The van der Waals surface area contributed by atoms with Crippen LogP contribution in [-0.4, -0.2) is 36.1 Å². The molecule has 0 bridgehead atoms. The second-order valence-electron chi connectivity index (χ2n) is 4.84. The Kier molecular flexibility index (Phi) is 3.78. The van der Waals surface area contributed by atoms with Crippen molar-refractivity contribution in [1.29, 1.82) is 0 Å². The number of nitrogens with one attached hydrogen (secondary N) is 1. The van der Waals surface area contributed by atoms with E-state index >= 15 is 0 Å². The van der Waals surface area contributed by atoms with Gasteiger partial charge in [0.1, 0.15) is 0 Å². The summed E-state index contributed by atoms with van der Waals surface area (Å²) in [6.45, 7) is 4.72. The summed E-state index contributed by atoms with van der Waals surface area (Å²) in [5.41, 5.74) is 1.13.